The summed E-state index contributed by atoms with van der Waals surface area (Å²) in [5, 5.41) is 7.70. The zero-order valence-corrected chi connectivity index (χ0v) is 13.5. The van der Waals surface area contributed by atoms with Gasteiger partial charge >= 0.3 is 0 Å². The molecule has 3 rings (SSSR count). The molecule has 1 amide bonds. The van der Waals surface area contributed by atoms with E-state index < -0.39 is 0 Å². The molecule has 1 aromatic heterocycles. The van der Waals surface area contributed by atoms with Gasteiger partial charge in [0.1, 0.15) is 0 Å². The van der Waals surface area contributed by atoms with Gasteiger partial charge in [-0.05, 0) is 53.5 Å². The van der Waals surface area contributed by atoms with Gasteiger partial charge in [-0.2, -0.15) is 5.10 Å². The van der Waals surface area contributed by atoms with E-state index in [1.54, 1.807) is 0 Å². The van der Waals surface area contributed by atoms with Gasteiger partial charge in [0, 0.05) is 30.4 Å². The minimum Gasteiger partial charge on any atom is -0.349 e. The smallest absolute Gasteiger partial charge is 0.255 e. The molecule has 2 bridgehead atoms. The molecule has 5 nitrogen and oxygen atoms in total. The molecule has 0 aromatic carbocycles. The summed E-state index contributed by atoms with van der Waals surface area (Å²) in [5.74, 6) is 0.0543. The van der Waals surface area contributed by atoms with E-state index in [1.165, 1.54) is 12.8 Å². The van der Waals surface area contributed by atoms with Gasteiger partial charge in [-0.15, -0.1) is 0 Å². The second-order valence-electron chi connectivity index (χ2n) is 6.55. The molecule has 21 heavy (non-hydrogen) atoms. The molecule has 0 saturated carbocycles. The molecular weight excluding hydrogens is 264 g/mol. The molecule has 2 atom stereocenters. The number of piperidine rings is 1. The lowest BCUT2D eigenvalue weighted by Crippen LogP contribution is -2.48. The maximum atomic E-state index is 12.6. The number of carbonyl (C=O) groups is 1. The van der Waals surface area contributed by atoms with Crippen molar-refractivity contribution in [3.05, 3.63) is 17.0 Å². The highest BCUT2D eigenvalue weighted by molar-refractivity contribution is 5.96. The van der Waals surface area contributed by atoms with Crippen molar-refractivity contribution in [2.24, 2.45) is 0 Å². The normalized spacial score (nSPS) is 28.9. The Kier molecular flexibility index (Phi) is 3.78. The molecular formula is C16H26N4O. The molecule has 116 valence electrons. The average molecular weight is 290 g/mol. The van der Waals surface area contributed by atoms with Crippen molar-refractivity contribution < 1.29 is 4.79 Å². The molecule has 2 saturated heterocycles. The van der Waals surface area contributed by atoms with Crippen LogP contribution in [-0.2, 0) is 6.54 Å². The average Bonchev–Trinajstić information content (AvgIpc) is 2.82. The number of hydrogen-bond acceptors (Lipinski definition) is 3. The highest BCUT2D eigenvalue weighted by Gasteiger charge is 2.39. The van der Waals surface area contributed by atoms with Crippen LogP contribution in [0.25, 0.3) is 0 Å². The van der Waals surface area contributed by atoms with Crippen molar-refractivity contribution in [3.63, 3.8) is 0 Å². The number of amides is 1. The number of rotatable bonds is 3. The van der Waals surface area contributed by atoms with Crippen LogP contribution in [0.4, 0.5) is 0 Å². The number of fused-ring (bicyclic) bond motifs is 2. The van der Waals surface area contributed by atoms with E-state index in [9.17, 15) is 4.79 Å². The third kappa shape index (κ3) is 2.48. The molecule has 2 fully saturated rings. The summed E-state index contributed by atoms with van der Waals surface area (Å²) in [6.45, 7) is 6.76. The van der Waals surface area contributed by atoms with Gasteiger partial charge in [0.05, 0.1) is 11.3 Å². The Bertz CT molecular complexity index is 537. The molecule has 5 heteroatoms. The molecule has 2 aliphatic heterocycles. The van der Waals surface area contributed by atoms with Crippen molar-refractivity contribution in [1.29, 1.82) is 0 Å². The minimum atomic E-state index is 0.0543. The van der Waals surface area contributed by atoms with Crippen LogP contribution in [-0.4, -0.2) is 45.8 Å². The first kappa shape index (κ1) is 14.6. The van der Waals surface area contributed by atoms with E-state index in [2.05, 4.69) is 29.3 Å². The summed E-state index contributed by atoms with van der Waals surface area (Å²) in [7, 11) is 2.22. The largest absolute Gasteiger partial charge is 0.349 e. The first-order valence-electron chi connectivity index (χ1n) is 8.08. The van der Waals surface area contributed by atoms with Crippen LogP contribution in [0.15, 0.2) is 0 Å². The lowest BCUT2D eigenvalue weighted by Gasteiger charge is -2.36. The monoisotopic (exact) mass is 290 g/mol. The predicted octanol–water partition coefficient (Wildman–Crippen LogP) is 1.87. The Morgan fingerprint density at radius 3 is 2.43 bits per heavy atom. The zero-order valence-electron chi connectivity index (χ0n) is 13.5. The van der Waals surface area contributed by atoms with Gasteiger partial charge in [-0.3, -0.25) is 9.48 Å². The lowest BCUT2D eigenvalue weighted by molar-refractivity contribution is 0.0881. The quantitative estimate of drug-likeness (QED) is 0.924. The van der Waals surface area contributed by atoms with Crippen molar-refractivity contribution in [3.8, 4) is 0 Å². The van der Waals surface area contributed by atoms with Crippen LogP contribution in [0.5, 0.6) is 0 Å². The van der Waals surface area contributed by atoms with Gasteiger partial charge in [-0.25, -0.2) is 0 Å². The molecule has 0 aliphatic carbocycles. The third-order valence-electron chi connectivity index (χ3n) is 5.34. The SMILES string of the molecule is CCn1nc(C)c(C(=O)NC2CC3CCC(C2)N3C)c1C. The van der Waals surface area contributed by atoms with Gasteiger partial charge in [-0.1, -0.05) is 0 Å². The van der Waals surface area contributed by atoms with Crippen molar-refractivity contribution in [1.82, 2.24) is 20.0 Å². The van der Waals surface area contributed by atoms with Crippen LogP contribution in [0, 0.1) is 13.8 Å². The number of nitrogens with one attached hydrogen (secondary N) is 1. The third-order valence-corrected chi connectivity index (χ3v) is 5.34. The summed E-state index contributed by atoms with van der Waals surface area (Å²) in [5.41, 5.74) is 2.58. The molecule has 0 spiro atoms. The Morgan fingerprint density at radius 2 is 1.90 bits per heavy atom. The fourth-order valence-corrected chi connectivity index (χ4v) is 4.12. The van der Waals surface area contributed by atoms with Crippen LogP contribution < -0.4 is 5.32 Å². The highest BCUT2D eigenvalue weighted by atomic mass is 16.1. The Hall–Kier alpha value is -1.36. The Labute approximate surface area is 126 Å². The fraction of sp³-hybridized carbons (Fsp3) is 0.750. The summed E-state index contributed by atoms with van der Waals surface area (Å²) in [6, 6.07) is 1.61. The summed E-state index contributed by atoms with van der Waals surface area (Å²) < 4.78 is 1.91. The number of carbonyl (C=O) groups excluding carboxylic acids is 1. The lowest BCUT2D eigenvalue weighted by atomic mass is 9.97. The van der Waals surface area contributed by atoms with Crippen molar-refractivity contribution in [2.45, 2.75) is 71.1 Å². The van der Waals surface area contributed by atoms with Gasteiger partial charge in [0.15, 0.2) is 0 Å². The molecule has 2 aliphatic rings. The van der Waals surface area contributed by atoms with E-state index in [0.29, 0.717) is 18.1 Å². The van der Waals surface area contributed by atoms with Gasteiger partial charge < -0.3 is 10.2 Å². The second-order valence-corrected chi connectivity index (χ2v) is 6.55. The molecule has 0 radical (unpaired) electrons. The Morgan fingerprint density at radius 1 is 1.29 bits per heavy atom. The van der Waals surface area contributed by atoms with E-state index in [4.69, 9.17) is 0 Å². The van der Waals surface area contributed by atoms with Crippen LogP contribution in [0.3, 0.4) is 0 Å². The first-order chi connectivity index (χ1) is 10.0. The maximum absolute atomic E-state index is 12.6. The highest BCUT2D eigenvalue weighted by Crippen LogP contribution is 2.34. The zero-order chi connectivity index (χ0) is 15.1. The Balaban J connectivity index is 1.71. The van der Waals surface area contributed by atoms with Crippen molar-refractivity contribution >= 4 is 5.91 Å². The predicted molar refractivity (Wildman–Crippen MR) is 82.4 cm³/mol. The van der Waals surface area contributed by atoms with Crippen molar-refractivity contribution in [2.75, 3.05) is 7.05 Å². The van der Waals surface area contributed by atoms with Crippen LogP contribution in [0.2, 0.25) is 0 Å². The first-order valence-corrected chi connectivity index (χ1v) is 8.08. The van der Waals surface area contributed by atoms with E-state index in [-0.39, 0.29) is 5.91 Å². The summed E-state index contributed by atoms with van der Waals surface area (Å²) in [4.78, 5) is 15.1. The van der Waals surface area contributed by atoms with Crippen LogP contribution in [0.1, 0.15) is 54.4 Å². The topological polar surface area (TPSA) is 50.2 Å². The van der Waals surface area contributed by atoms with E-state index >= 15 is 0 Å². The minimum absolute atomic E-state index is 0.0543. The molecule has 1 N–H and O–H groups in total. The van der Waals surface area contributed by atoms with Gasteiger partial charge in [0.25, 0.3) is 5.91 Å². The molecule has 1 aromatic rings. The molecule has 3 heterocycles. The second kappa shape index (κ2) is 5.44. The van der Waals surface area contributed by atoms with E-state index in [0.717, 1.165) is 36.3 Å². The fourth-order valence-electron chi connectivity index (χ4n) is 4.12. The molecule has 2 unspecified atom stereocenters. The number of aryl methyl sites for hydroxylation is 2. The standard InChI is InChI=1S/C16H26N4O/c1-5-20-11(3)15(10(2)18-20)16(21)17-12-8-13-6-7-14(9-12)19(13)4/h12-14H,5-9H2,1-4H3,(H,17,21). The number of nitrogens with zero attached hydrogens (tertiary/aromatic N) is 3. The van der Waals surface area contributed by atoms with Gasteiger partial charge in [0.2, 0.25) is 0 Å². The summed E-state index contributed by atoms with van der Waals surface area (Å²) >= 11 is 0. The summed E-state index contributed by atoms with van der Waals surface area (Å²) in [6.07, 6.45) is 4.72. The van der Waals surface area contributed by atoms with E-state index in [1.807, 2.05) is 18.5 Å². The number of hydrogen-bond donors (Lipinski definition) is 1. The number of aromatic nitrogens is 2. The maximum Gasteiger partial charge on any atom is 0.255 e. The van der Waals surface area contributed by atoms with Crippen LogP contribution >= 0.6 is 0 Å².